The van der Waals surface area contributed by atoms with Gasteiger partial charge in [-0.2, -0.15) is 0 Å². The Balaban J connectivity index is -0.000000405. The van der Waals surface area contributed by atoms with Gasteiger partial charge in [0.25, 0.3) is 0 Å². The second-order valence-corrected chi connectivity index (χ2v) is 2.75. The van der Waals surface area contributed by atoms with Crippen LogP contribution in [0, 0.1) is 5.92 Å². The predicted octanol–water partition coefficient (Wildman–Crippen LogP) is 1.50. The molecular formula is C7H19Cl2FN2. The zero-order valence-electron chi connectivity index (χ0n) is 7.55. The van der Waals surface area contributed by atoms with Crippen molar-refractivity contribution in [2.75, 3.05) is 13.1 Å². The number of nitrogens with two attached hydrogens (primary N) is 2. The summed E-state index contributed by atoms with van der Waals surface area (Å²) in [6, 6.07) is 0. The number of rotatable bonds is 4. The Hall–Kier alpha value is 0.430. The summed E-state index contributed by atoms with van der Waals surface area (Å²) in [6.07, 6.45) is 0.783. The number of hydrogen-bond acceptors (Lipinski definition) is 2. The highest BCUT2D eigenvalue weighted by molar-refractivity contribution is 5.85. The van der Waals surface area contributed by atoms with E-state index in [0.29, 0.717) is 0 Å². The minimum absolute atomic E-state index is 0. The lowest BCUT2D eigenvalue weighted by atomic mass is 9.89. The number of hydrogen-bond donors (Lipinski definition) is 2. The summed E-state index contributed by atoms with van der Waals surface area (Å²) in [6.45, 7) is 3.82. The Morgan fingerprint density at radius 2 is 1.58 bits per heavy atom. The van der Waals surface area contributed by atoms with Crippen LogP contribution in [-0.4, -0.2) is 18.8 Å². The zero-order chi connectivity index (χ0) is 8.20. The Morgan fingerprint density at radius 1 is 1.25 bits per heavy atom. The largest absolute Gasteiger partial charge is 0.327 e. The normalized spacial score (nSPS) is 12.8. The molecule has 0 heterocycles. The van der Waals surface area contributed by atoms with Crippen LogP contribution < -0.4 is 11.5 Å². The van der Waals surface area contributed by atoms with Crippen LogP contribution >= 0.6 is 24.8 Å². The van der Waals surface area contributed by atoms with Crippen molar-refractivity contribution in [1.82, 2.24) is 0 Å². The maximum Gasteiger partial charge on any atom is 0.137 e. The molecule has 2 nitrogen and oxygen atoms in total. The van der Waals surface area contributed by atoms with Crippen molar-refractivity contribution in [3.63, 3.8) is 0 Å². The van der Waals surface area contributed by atoms with Crippen LogP contribution in [0.1, 0.15) is 20.3 Å². The highest BCUT2D eigenvalue weighted by Gasteiger charge is 2.31. The van der Waals surface area contributed by atoms with E-state index in [2.05, 4.69) is 0 Å². The molecule has 1 atom stereocenters. The summed E-state index contributed by atoms with van der Waals surface area (Å²) >= 11 is 0. The van der Waals surface area contributed by atoms with Gasteiger partial charge in [-0.05, 0) is 5.92 Å². The molecule has 12 heavy (non-hydrogen) atoms. The van der Waals surface area contributed by atoms with Crippen molar-refractivity contribution in [2.24, 2.45) is 17.4 Å². The summed E-state index contributed by atoms with van der Waals surface area (Å²) in [5.74, 6) is -0.0394. The zero-order valence-corrected chi connectivity index (χ0v) is 9.18. The lowest BCUT2D eigenvalue weighted by Gasteiger charge is -2.27. The van der Waals surface area contributed by atoms with Crippen molar-refractivity contribution >= 4 is 24.8 Å². The molecule has 0 aromatic carbocycles. The molecule has 0 fully saturated rings. The Labute approximate surface area is 86.1 Å². The van der Waals surface area contributed by atoms with Crippen LogP contribution in [0.15, 0.2) is 0 Å². The minimum Gasteiger partial charge on any atom is -0.327 e. The SMILES string of the molecule is CCC(C)C(F)(CN)CN.Cl.Cl. The smallest absolute Gasteiger partial charge is 0.137 e. The van der Waals surface area contributed by atoms with E-state index in [1.54, 1.807) is 0 Å². The highest BCUT2D eigenvalue weighted by atomic mass is 35.5. The first-order chi connectivity index (χ1) is 4.60. The van der Waals surface area contributed by atoms with Crippen LogP contribution in [-0.2, 0) is 0 Å². The van der Waals surface area contributed by atoms with E-state index in [1.807, 2.05) is 13.8 Å². The van der Waals surface area contributed by atoms with E-state index < -0.39 is 5.67 Å². The van der Waals surface area contributed by atoms with Gasteiger partial charge in [-0.25, -0.2) is 4.39 Å². The maximum atomic E-state index is 13.4. The average molecular weight is 221 g/mol. The Bertz CT molecular complexity index is 99.4. The van der Waals surface area contributed by atoms with E-state index >= 15 is 0 Å². The third-order valence-electron chi connectivity index (χ3n) is 2.17. The van der Waals surface area contributed by atoms with Crippen molar-refractivity contribution in [3.8, 4) is 0 Å². The van der Waals surface area contributed by atoms with Gasteiger partial charge in [0, 0.05) is 13.1 Å². The van der Waals surface area contributed by atoms with Crippen LogP contribution in [0.2, 0.25) is 0 Å². The predicted molar refractivity (Wildman–Crippen MR) is 55.9 cm³/mol. The standard InChI is InChI=1S/C7H17FN2.2ClH/c1-3-6(2)7(8,4-9)5-10;;/h6H,3-5,9-10H2,1-2H3;2*1H. The molecule has 5 heteroatoms. The summed E-state index contributed by atoms with van der Waals surface area (Å²) in [7, 11) is 0. The molecule has 4 N–H and O–H groups in total. The maximum absolute atomic E-state index is 13.4. The van der Waals surface area contributed by atoms with Crippen molar-refractivity contribution < 1.29 is 4.39 Å². The van der Waals surface area contributed by atoms with Gasteiger partial charge in [-0.15, -0.1) is 24.8 Å². The average Bonchev–Trinajstić information content (AvgIpc) is 2.01. The molecule has 0 rings (SSSR count). The molecule has 78 valence electrons. The van der Waals surface area contributed by atoms with E-state index in [-0.39, 0.29) is 43.8 Å². The molecule has 0 radical (unpaired) electrons. The van der Waals surface area contributed by atoms with Crippen LogP contribution in [0.5, 0.6) is 0 Å². The second-order valence-electron chi connectivity index (χ2n) is 2.75. The first kappa shape index (κ1) is 18.3. The molecule has 0 bridgehead atoms. The fourth-order valence-corrected chi connectivity index (χ4v) is 0.852. The topological polar surface area (TPSA) is 52.0 Å². The van der Waals surface area contributed by atoms with Crippen LogP contribution in [0.3, 0.4) is 0 Å². The van der Waals surface area contributed by atoms with Gasteiger partial charge in [-0.3, -0.25) is 0 Å². The van der Waals surface area contributed by atoms with Gasteiger partial charge in [-0.1, -0.05) is 20.3 Å². The van der Waals surface area contributed by atoms with Gasteiger partial charge in [0.05, 0.1) is 0 Å². The quantitative estimate of drug-likeness (QED) is 0.755. The van der Waals surface area contributed by atoms with Gasteiger partial charge in [0.2, 0.25) is 0 Å². The Kier molecular flexibility index (Phi) is 12.2. The third kappa shape index (κ3) is 4.45. The van der Waals surface area contributed by atoms with Gasteiger partial charge in [0.15, 0.2) is 0 Å². The van der Waals surface area contributed by atoms with E-state index in [1.165, 1.54) is 0 Å². The number of alkyl halides is 1. The van der Waals surface area contributed by atoms with Crippen molar-refractivity contribution in [2.45, 2.75) is 25.9 Å². The lowest BCUT2D eigenvalue weighted by Crippen LogP contribution is -2.45. The van der Waals surface area contributed by atoms with Gasteiger partial charge in [0.1, 0.15) is 5.67 Å². The molecule has 0 spiro atoms. The summed E-state index contributed by atoms with van der Waals surface area (Å²) in [5.41, 5.74) is 9.13. The van der Waals surface area contributed by atoms with E-state index in [4.69, 9.17) is 11.5 Å². The van der Waals surface area contributed by atoms with E-state index in [9.17, 15) is 4.39 Å². The molecule has 0 aliphatic heterocycles. The Morgan fingerprint density at radius 3 is 1.67 bits per heavy atom. The monoisotopic (exact) mass is 220 g/mol. The molecule has 1 unspecified atom stereocenters. The second kappa shape index (κ2) is 8.05. The molecule has 0 aliphatic carbocycles. The third-order valence-corrected chi connectivity index (χ3v) is 2.17. The molecule has 0 saturated carbocycles. The fourth-order valence-electron chi connectivity index (χ4n) is 0.852. The first-order valence-corrected chi connectivity index (χ1v) is 3.69. The summed E-state index contributed by atoms with van der Waals surface area (Å²) in [4.78, 5) is 0. The highest BCUT2D eigenvalue weighted by Crippen LogP contribution is 2.22. The molecule has 0 saturated heterocycles. The summed E-state index contributed by atoms with van der Waals surface area (Å²) in [5, 5.41) is 0. The molecular weight excluding hydrogens is 202 g/mol. The van der Waals surface area contributed by atoms with Crippen molar-refractivity contribution in [1.29, 1.82) is 0 Å². The van der Waals surface area contributed by atoms with Crippen LogP contribution in [0.4, 0.5) is 4.39 Å². The fraction of sp³-hybridized carbons (Fsp3) is 1.00. The van der Waals surface area contributed by atoms with Gasteiger partial charge >= 0.3 is 0 Å². The molecule has 0 aromatic heterocycles. The molecule has 0 aliphatic rings. The first-order valence-electron chi connectivity index (χ1n) is 3.69. The van der Waals surface area contributed by atoms with Crippen molar-refractivity contribution in [3.05, 3.63) is 0 Å². The summed E-state index contributed by atoms with van der Waals surface area (Å²) < 4.78 is 13.4. The lowest BCUT2D eigenvalue weighted by molar-refractivity contribution is 0.107. The molecule has 0 amide bonds. The van der Waals surface area contributed by atoms with Crippen LogP contribution in [0.25, 0.3) is 0 Å². The van der Waals surface area contributed by atoms with E-state index in [0.717, 1.165) is 6.42 Å². The minimum atomic E-state index is -1.35. The number of halogens is 3. The molecule has 0 aromatic rings. The van der Waals surface area contributed by atoms with Gasteiger partial charge < -0.3 is 11.5 Å².